The van der Waals surface area contributed by atoms with Crippen LogP contribution in [0, 0.1) is 0 Å². The maximum atomic E-state index is 12.7. The van der Waals surface area contributed by atoms with E-state index in [1.165, 1.54) is 37.1 Å². The molecule has 3 heterocycles. The number of alkyl halides is 6. The quantitative estimate of drug-likeness (QED) is 0.0864. The lowest BCUT2D eigenvalue weighted by atomic mass is 10.2. The summed E-state index contributed by atoms with van der Waals surface area (Å²) in [4.78, 5) is 13.0. The zero-order valence-electron chi connectivity index (χ0n) is 26.0. The third-order valence-electron chi connectivity index (χ3n) is 6.56. The summed E-state index contributed by atoms with van der Waals surface area (Å²) in [7, 11) is -0.823. The van der Waals surface area contributed by atoms with Gasteiger partial charge in [0, 0.05) is 14.6 Å². The predicted octanol–water partition coefficient (Wildman–Crippen LogP) is 7.78. The number of fused-ring (bicyclic) bond motifs is 1. The van der Waals surface area contributed by atoms with E-state index < -0.39 is 31.8 Å². The number of aryl methyl sites for hydroxylation is 2. The molecule has 1 unspecified atom stereocenters. The first kappa shape index (κ1) is 44.5. The maximum absolute atomic E-state index is 12.7. The van der Waals surface area contributed by atoms with Gasteiger partial charge in [0.15, 0.2) is 23.4 Å². The van der Waals surface area contributed by atoms with Crippen molar-refractivity contribution >= 4 is 47.5 Å². The maximum Gasteiger partial charge on any atom is 0.762 e. The Bertz CT molecular complexity index is 1870. The van der Waals surface area contributed by atoms with Crippen LogP contribution in [0.4, 0.5) is 39.3 Å². The number of imidazole rings is 1. The minimum atomic E-state index is -4.61. The first-order chi connectivity index (χ1) is 23.0. The molecule has 0 amide bonds. The van der Waals surface area contributed by atoms with Crippen LogP contribution in [-0.4, -0.2) is 29.7 Å². The van der Waals surface area contributed by atoms with Gasteiger partial charge in [-0.1, -0.05) is 80.2 Å². The average molecular weight is 765 g/mol. The van der Waals surface area contributed by atoms with E-state index in [4.69, 9.17) is 5.11 Å². The van der Waals surface area contributed by atoms with Crippen LogP contribution in [0.25, 0.3) is 31.9 Å². The zero-order chi connectivity index (χ0) is 36.4. The number of thiophene rings is 2. The molecule has 17 heteroatoms. The lowest BCUT2D eigenvalue weighted by molar-refractivity contribution is -0.667. The highest BCUT2D eigenvalue weighted by Crippen LogP contribution is 2.38. The fraction of sp³-hybridized carbons (Fsp3) is 0.176. The third-order valence-corrected chi connectivity index (χ3v) is 8.81. The largest absolute Gasteiger partial charge is 1.00 e. The third kappa shape index (κ3) is 12.7. The molecule has 1 N–H and O–H groups in total. The van der Waals surface area contributed by atoms with Gasteiger partial charge in [0.25, 0.3) is 0 Å². The van der Waals surface area contributed by atoms with E-state index >= 15 is 0 Å². The molecule has 3 aromatic heterocycles. The number of aromatic nitrogens is 2. The Kier molecular flexibility index (Phi) is 17.3. The summed E-state index contributed by atoms with van der Waals surface area (Å²) in [5.41, 5.74) is 3.17. The van der Waals surface area contributed by atoms with Crippen molar-refractivity contribution in [2.75, 3.05) is 0 Å². The number of carbonyl (C=O) groups excluding carboxylic acids is 1. The van der Waals surface area contributed by atoms with E-state index in [0.717, 1.165) is 42.1 Å². The lowest BCUT2D eigenvalue weighted by Crippen LogP contribution is -3.00. The zero-order valence-corrected chi connectivity index (χ0v) is 27.6. The molecule has 0 saturated heterocycles. The van der Waals surface area contributed by atoms with Crippen molar-refractivity contribution in [1.82, 2.24) is 4.57 Å². The Morgan fingerprint density at radius 3 is 1.63 bits per heavy atom. The predicted molar refractivity (Wildman–Crippen MR) is 181 cm³/mol. The summed E-state index contributed by atoms with van der Waals surface area (Å²) in [5.74, 6) is -0.649. The van der Waals surface area contributed by atoms with Gasteiger partial charge < -0.3 is 9.81 Å². The van der Waals surface area contributed by atoms with Crippen LogP contribution in [0.1, 0.15) is 33.9 Å². The second kappa shape index (κ2) is 19.8. The number of hydrogen-bond donors (Lipinski definition) is 1. The molecule has 6 aromatic rings. The second-order valence-electron chi connectivity index (χ2n) is 9.87. The normalized spacial score (nSPS) is 11.2. The number of aliphatic hydroxyl groups excluding tert-OH is 1. The molecular weight excluding hydrogens is 733 g/mol. The first-order valence-electron chi connectivity index (χ1n) is 14.0. The van der Waals surface area contributed by atoms with Crippen molar-refractivity contribution < 1.29 is 58.5 Å². The fourth-order valence-corrected chi connectivity index (χ4v) is 6.31. The summed E-state index contributed by atoms with van der Waals surface area (Å²) in [6.07, 6.45) is -10.5. The number of aldehydes is 1. The number of para-hydroxylation sites is 2. The van der Waals surface area contributed by atoms with E-state index in [0.29, 0.717) is 15.9 Å². The SMILES string of the molecule is C.Cn1c(C(F)(F)F)[n+](C)c2ccccc21.FB(F)F.O=Cc1ccc(-c2ccccc2)s1.OC(c1ccc(-c2ccccc2)s1)C(F)(F)F.[F-]. The number of halogens is 10. The van der Waals surface area contributed by atoms with Crippen LogP contribution in [0.2, 0.25) is 0 Å². The Morgan fingerprint density at radius 1 is 0.745 bits per heavy atom. The number of hydrogen-bond acceptors (Lipinski definition) is 4. The fourth-order valence-electron chi connectivity index (χ4n) is 4.46. The van der Waals surface area contributed by atoms with Crippen LogP contribution in [0.15, 0.2) is 109 Å². The first-order valence-corrected chi connectivity index (χ1v) is 15.6. The van der Waals surface area contributed by atoms with Crippen molar-refractivity contribution in [3.63, 3.8) is 0 Å². The van der Waals surface area contributed by atoms with Gasteiger partial charge in [0.05, 0.1) is 19.0 Å². The molecule has 4 nitrogen and oxygen atoms in total. The highest BCUT2D eigenvalue weighted by atomic mass is 32.1. The number of aliphatic hydroxyl groups is 1. The van der Waals surface area contributed by atoms with Gasteiger partial charge in [-0.05, 0) is 47.5 Å². The molecular formula is C34H31BF10N2O2S2. The Hall–Kier alpha value is -4.48. The number of rotatable bonds is 4. The molecule has 51 heavy (non-hydrogen) atoms. The molecule has 0 fully saturated rings. The van der Waals surface area contributed by atoms with Gasteiger partial charge in [0.2, 0.25) is 0 Å². The molecule has 0 saturated carbocycles. The van der Waals surface area contributed by atoms with Crippen molar-refractivity contribution in [1.29, 1.82) is 0 Å². The summed E-state index contributed by atoms with van der Waals surface area (Å²) < 4.78 is 106. The van der Waals surface area contributed by atoms with Crippen molar-refractivity contribution in [2.24, 2.45) is 14.1 Å². The molecule has 0 radical (unpaired) electrons. The smallest absolute Gasteiger partial charge is 0.762 e. The van der Waals surface area contributed by atoms with Gasteiger partial charge in [-0.25, -0.2) is 9.13 Å². The topological polar surface area (TPSA) is 46.1 Å². The molecule has 1 atom stereocenters. The number of nitrogens with zero attached hydrogens (tertiary/aromatic N) is 2. The Labute approximate surface area is 295 Å². The molecule has 274 valence electrons. The molecule has 6 rings (SSSR count). The van der Waals surface area contributed by atoms with E-state index in [1.54, 1.807) is 30.3 Å². The van der Waals surface area contributed by atoms with Crippen LogP contribution in [0.3, 0.4) is 0 Å². The summed E-state index contributed by atoms with van der Waals surface area (Å²) in [6, 6.07) is 32.7. The summed E-state index contributed by atoms with van der Waals surface area (Å²) >= 11 is 2.47. The average Bonchev–Trinajstić information content (AvgIpc) is 3.80. The van der Waals surface area contributed by atoms with Gasteiger partial charge in [-0.3, -0.25) is 17.7 Å². The summed E-state index contributed by atoms with van der Waals surface area (Å²) in [5, 5.41) is 9.10. The van der Waals surface area contributed by atoms with Crippen molar-refractivity contribution in [3.05, 3.63) is 125 Å². The minimum absolute atomic E-state index is 0. The van der Waals surface area contributed by atoms with E-state index in [-0.39, 0.29) is 17.0 Å². The van der Waals surface area contributed by atoms with Gasteiger partial charge in [0.1, 0.15) is 0 Å². The Morgan fingerprint density at radius 2 is 1.20 bits per heavy atom. The molecule has 0 spiro atoms. The van der Waals surface area contributed by atoms with E-state index in [1.807, 2.05) is 72.8 Å². The van der Waals surface area contributed by atoms with Gasteiger partial charge in [-0.15, -0.1) is 22.7 Å². The number of carbonyl (C=O) groups is 1. The second-order valence-corrected chi connectivity index (χ2v) is 12.1. The molecule has 3 aromatic carbocycles. The minimum Gasteiger partial charge on any atom is -1.00 e. The van der Waals surface area contributed by atoms with Crippen LogP contribution >= 0.6 is 22.7 Å². The molecule has 0 aliphatic rings. The summed E-state index contributed by atoms with van der Waals surface area (Å²) in [6.45, 7) is 0. The highest BCUT2D eigenvalue weighted by Gasteiger charge is 2.45. The van der Waals surface area contributed by atoms with Crippen LogP contribution < -0.4 is 9.27 Å². The van der Waals surface area contributed by atoms with Crippen LogP contribution in [-0.2, 0) is 20.3 Å². The molecule has 0 bridgehead atoms. The standard InChI is InChI=1S/C12H9F3OS.C11H8OS.C10H10F3N2.CH4.BF3.FH/c13-12(14,15)11(16)10-7-6-9(17-10)8-4-2-1-3-5-8;12-8-10-6-7-11(13-10)9-4-2-1-3-5-9;1-14-7-5-3-4-6-8(7)15(2)9(14)10(11,12)13;;2-1(3)4;/h1-7,11,16H;1-8H;3-6H,1-2H3;1H4;;1H/q;;+1;;;/p-1. The van der Waals surface area contributed by atoms with Crippen LogP contribution in [0.5, 0.6) is 0 Å². The van der Waals surface area contributed by atoms with Crippen molar-refractivity contribution in [2.45, 2.75) is 25.9 Å². The molecule has 0 aliphatic carbocycles. The molecule has 0 aliphatic heterocycles. The van der Waals surface area contributed by atoms with Crippen molar-refractivity contribution in [3.8, 4) is 20.9 Å². The van der Waals surface area contributed by atoms with Gasteiger partial charge >= 0.3 is 25.7 Å². The van der Waals surface area contributed by atoms with E-state index in [9.17, 15) is 44.1 Å². The highest BCUT2D eigenvalue weighted by molar-refractivity contribution is 7.17. The lowest BCUT2D eigenvalue weighted by Gasteiger charge is -2.12. The monoisotopic (exact) mass is 764 g/mol. The van der Waals surface area contributed by atoms with E-state index in [2.05, 4.69) is 0 Å². The van der Waals surface area contributed by atoms with Gasteiger partial charge in [-0.2, -0.15) is 26.3 Å². The number of benzene rings is 3. The Balaban J connectivity index is 0.000000359.